The quantitative estimate of drug-likeness (QED) is 0.785. The van der Waals surface area contributed by atoms with Crippen molar-refractivity contribution < 1.29 is 9.13 Å². The van der Waals surface area contributed by atoms with E-state index in [1.54, 1.807) is 6.07 Å². The summed E-state index contributed by atoms with van der Waals surface area (Å²) in [6.07, 6.45) is 3.31. The lowest BCUT2D eigenvalue weighted by Crippen LogP contribution is -2.31. The third kappa shape index (κ3) is 3.97. The van der Waals surface area contributed by atoms with E-state index in [2.05, 4.69) is 22.2 Å². The van der Waals surface area contributed by atoms with E-state index in [9.17, 15) is 4.39 Å². The molecule has 0 aliphatic carbocycles. The number of aromatic nitrogens is 2. The van der Waals surface area contributed by atoms with Crippen LogP contribution in [0.1, 0.15) is 19.8 Å². The number of pyridine rings is 2. The number of hydrogen-bond acceptors (Lipinski definition) is 4. The molecular weight excluding hydrogens is 352 g/mol. The summed E-state index contributed by atoms with van der Waals surface area (Å²) in [6.45, 7) is 3.72. The molecule has 2 aromatic rings. The SMILES string of the molecule is C[C@H](Nc1ccc(Cl)c(-c2cc(F)ncc2Cl)n1)C1CCOCC1. The van der Waals surface area contributed by atoms with E-state index >= 15 is 0 Å². The molecule has 0 spiro atoms. The monoisotopic (exact) mass is 369 g/mol. The average molecular weight is 370 g/mol. The first kappa shape index (κ1) is 17.4. The molecule has 0 bridgehead atoms. The van der Waals surface area contributed by atoms with Gasteiger partial charge in [-0.25, -0.2) is 9.97 Å². The van der Waals surface area contributed by atoms with Crippen molar-refractivity contribution in [3.05, 3.63) is 40.4 Å². The lowest BCUT2D eigenvalue weighted by molar-refractivity contribution is 0.0622. The molecule has 1 saturated heterocycles. The number of nitrogens with one attached hydrogen (secondary N) is 1. The maximum absolute atomic E-state index is 13.4. The number of hydrogen-bond donors (Lipinski definition) is 1. The molecule has 24 heavy (non-hydrogen) atoms. The Morgan fingerprint density at radius 2 is 2.00 bits per heavy atom. The largest absolute Gasteiger partial charge is 0.381 e. The Hall–Kier alpha value is -1.43. The number of nitrogens with zero attached hydrogens (tertiary/aromatic N) is 2. The van der Waals surface area contributed by atoms with Crippen molar-refractivity contribution in [2.75, 3.05) is 18.5 Å². The van der Waals surface area contributed by atoms with Crippen molar-refractivity contribution in [2.45, 2.75) is 25.8 Å². The molecule has 1 atom stereocenters. The minimum absolute atomic E-state index is 0.250. The van der Waals surface area contributed by atoms with Gasteiger partial charge in [0.2, 0.25) is 5.95 Å². The molecule has 7 heteroatoms. The van der Waals surface area contributed by atoms with Crippen molar-refractivity contribution in [3.63, 3.8) is 0 Å². The first-order chi connectivity index (χ1) is 11.5. The number of rotatable bonds is 4. The molecule has 0 amide bonds. The van der Waals surface area contributed by atoms with Gasteiger partial charge in [-0.15, -0.1) is 0 Å². The molecule has 1 aliphatic rings. The summed E-state index contributed by atoms with van der Waals surface area (Å²) >= 11 is 12.4. The second-order valence-electron chi connectivity index (χ2n) is 5.90. The Kier molecular flexibility index (Phi) is 5.54. The van der Waals surface area contributed by atoms with E-state index in [1.165, 1.54) is 12.3 Å². The molecule has 0 unspecified atom stereocenters. The van der Waals surface area contributed by atoms with Gasteiger partial charge in [-0.1, -0.05) is 23.2 Å². The van der Waals surface area contributed by atoms with Gasteiger partial charge in [0.05, 0.1) is 15.7 Å². The maximum atomic E-state index is 13.4. The second kappa shape index (κ2) is 7.64. The van der Waals surface area contributed by atoms with Crippen molar-refractivity contribution in [1.29, 1.82) is 0 Å². The van der Waals surface area contributed by atoms with Crippen LogP contribution in [0.25, 0.3) is 11.3 Å². The first-order valence-corrected chi connectivity index (χ1v) is 8.62. The first-order valence-electron chi connectivity index (χ1n) is 7.87. The van der Waals surface area contributed by atoms with Crippen LogP contribution in [0.2, 0.25) is 10.0 Å². The molecule has 1 N–H and O–H groups in total. The van der Waals surface area contributed by atoms with Gasteiger partial charge < -0.3 is 10.1 Å². The number of anilines is 1. The predicted octanol–water partition coefficient (Wildman–Crippen LogP) is 4.82. The summed E-state index contributed by atoms with van der Waals surface area (Å²) in [6, 6.07) is 5.03. The highest BCUT2D eigenvalue weighted by atomic mass is 35.5. The molecule has 0 aromatic carbocycles. The van der Waals surface area contributed by atoms with Crippen LogP contribution in [0, 0.1) is 11.9 Å². The van der Waals surface area contributed by atoms with Gasteiger partial charge in [0.1, 0.15) is 5.82 Å². The smallest absolute Gasteiger partial charge is 0.213 e. The normalized spacial score (nSPS) is 16.8. The van der Waals surface area contributed by atoms with Gasteiger partial charge >= 0.3 is 0 Å². The van der Waals surface area contributed by atoms with Crippen LogP contribution in [0.4, 0.5) is 10.2 Å². The fourth-order valence-corrected chi connectivity index (χ4v) is 3.27. The minimum atomic E-state index is -0.624. The summed E-state index contributed by atoms with van der Waals surface area (Å²) in [5, 5.41) is 4.12. The summed E-state index contributed by atoms with van der Waals surface area (Å²) in [5.41, 5.74) is 0.865. The fraction of sp³-hybridized carbons (Fsp3) is 0.412. The zero-order chi connectivity index (χ0) is 17.1. The van der Waals surface area contributed by atoms with Crippen LogP contribution in [-0.4, -0.2) is 29.2 Å². The molecule has 0 saturated carbocycles. The lowest BCUT2D eigenvalue weighted by atomic mass is 9.93. The van der Waals surface area contributed by atoms with Crippen molar-refractivity contribution in [1.82, 2.24) is 9.97 Å². The van der Waals surface area contributed by atoms with Crippen LogP contribution >= 0.6 is 23.2 Å². The molecule has 4 nitrogen and oxygen atoms in total. The van der Waals surface area contributed by atoms with Crippen molar-refractivity contribution >= 4 is 29.0 Å². The molecule has 1 aliphatic heterocycles. The summed E-state index contributed by atoms with van der Waals surface area (Å²) in [7, 11) is 0. The van der Waals surface area contributed by atoms with Crippen LogP contribution in [0.15, 0.2) is 24.4 Å². The number of ether oxygens (including phenoxy) is 1. The Morgan fingerprint density at radius 3 is 2.75 bits per heavy atom. The van der Waals surface area contributed by atoms with Gasteiger partial charge in [-0.05, 0) is 37.8 Å². The molecule has 0 radical (unpaired) electrons. The van der Waals surface area contributed by atoms with Crippen LogP contribution in [0.3, 0.4) is 0 Å². The zero-order valence-corrected chi connectivity index (χ0v) is 14.7. The highest BCUT2D eigenvalue weighted by molar-refractivity contribution is 6.36. The lowest BCUT2D eigenvalue weighted by Gasteiger charge is -2.28. The third-order valence-corrected chi connectivity index (χ3v) is 4.88. The Balaban J connectivity index is 1.84. The standard InChI is InChI=1S/C17H18Cl2FN3O/c1-10(11-4-6-24-7-5-11)22-16-3-2-13(18)17(23-16)12-8-15(20)21-9-14(12)19/h2-3,8-11H,4-7H2,1H3,(H,22,23)/t10-/m0/s1. The van der Waals surface area contributed by atoms with Crippen molar-refractivity contribution in [2.24, 2.45) is 5.92 Å². The maximum Gasteiger partial charge on any atom is 0.213 e. The molecule has 3 rings (SSSR count). The van der Waals surface area contributed by atoms with Crippen LogP contribution < -0.4 is 5.32 Å². The molecular formula is C17H18Cl2FN3O. The predicted molar refractivity (Wildman–Crippen MR) is 94.1 cm³/mol. The van der Waals surface area contributed by atoms with E-state index in [1.807, 2.05) is 6.07 Å². The van der Waals surface area contributed by atoms with E-state index in [0.29, 0.717) is 33.0 Å². The van der Waals surface area contributed by atoms with Gasteiger partial charge in [0.15, 0.2) is 0 Å². The fourth-order valence-electron chi connectivity index (χ4n) is 2.87. The van der Waals surface area contributed by atoms with Crippen LogP contribution in [0.5, 0.6) is 0 Å². The zero-order valence-electron chi connectivity index (χ0n) is 13.2. The van der Waals surface area contributed by atoms with Gasteiger partial charge in [0.25, 0.3) is 0 Å². The number of halogens is 3. The van der Waals surface area contributed by atoms with Crippen molar-refractivity contribution in [3.8, 4) is 11.3 Å². The molecule has 3 heterocycles. The Morgan fingerprint density at radius 1 is 1.25 bits per heavy atom. The summed E-state index contributed by atoms with van der Waals surface area (Å²) < 4.78 is 18.9. The van der Waals surface area contributed by atoms with Gasteiger partial charge in [0, 0.05) is 37.1 Å². The minimum Gasteiger partial charge on any atom is -0.381 e. The summed E-state index contributed by atoms with van der Waals surface area (Å²) in [4.78, 5) is 8.06. The highest BCUT2D eigenvalue weighted by Crippen LogP contribution is 2.33. The van der Waals surface area contributed by atoms with Crippen LogP contribution in [-0.2, 0) is 4.74 Å². The van der Waals surface area contributed by atoms with Gasteiger partial charge in [-0.2, -0.15) is 4.39 Å². The van der Waals surface area contributed by atoms with Gasteiger partial charge in [-0.3, -0.25) is 0 Å². The Bertz CT molecular complexity index is 723. The highest BCUT2D eigenvalue weighted by Gasteiger charge is 2.21. The van der Waals surface area contributed by atoms with E-state index in [0.717, 1.165) is 26.1 Å². The van der Waals surface area contributed by atoms with E-state index < -0.39 is 5.95 Å². The average Bonchev–Trinajstić information content (AvgIpc) is 2.59. The third-order valence-electron chi connectivity index (χ3n) is 4.27. The molecule has 2 aromatic heterocycles. The Labute approximate surface area is 150 Å². The molecule has 128 valence electrons. The second-order valence-corrected chi connectivity index (χ2v) is 6.71. The summed E-state index contributed by atoms with van der Waals surface area (Å²) in [5.74, 6) is 0.588. The van der Waals surface area contributed by atoms with E-state index in [-0.39, 0.29) is 6.04 Å². The molecule has 1 fully saturated rings. The van der Waals surface area contributed by atoms with E-state index in [4.69, 9.17) is 27.9 Å². The topological polar surface area (TPSA) is 47.0 Å².